The van der Waals surface area contributed by atoms with E-state index in [0.29, 0.717) is 42.0 Å². The fourth-order valence-electron chi connectivity index (χ4n) is 5.45. The number of cyclic esters (lactones) is 1. The van der Waals surface area contributed by atoms with Crippen LogP contribution in [-0.2, 0) is 41.2 Å². The maximum Gasteiger partial charge on any atom is 0.343 e. The number of fused-ring (bicyclic) bond motifs is 5. The summed E-state index contributed by atoms with van der Waals surface area (Å²) < 4.78 is 23.1. The smallest absolute Gasteiger partial charge is 0.343 e. The number of aliphatic hydroxyl groups is 1. The van der Waals surface area contributed by atoms with E-state index in [9.17, 15) is 19.1 Å². The zero-order valence-electron chi connectivity index (χ0n) is 21.1. The van der Waals surface area contributed by atoms with E-state index < -0.39 is 11.6 Å². The van der Waals surface area contributed by atoms with Crippen molar-refractivity contribution in [1.29, 1.82) is 0 Å². The van der Waals surface area contributed by atoms with E-state index in [1.165, 1.54) is 6.07 Å². The number of rotatable bonds is 6. The second-order valence-electron chi connectivity index (χ2n) is 9.94. The number of carbonyl (C=O) groups is 1. The van der Waals surface area contributed by atoms with E-state index in [2.05, 4.69) is 10.3 Å². The molecule has 196 valence electrons. The van der Waals surface area contributed by atoms with Crippen LogP contribution in [0.25, 0.3) is 22.3 Å². The summed E-state index contributed by atoms with van der Waals surface area (Å²) in [6, 6.07) is 4.81. The molecule has 1 aromatic carbocycles. The summed E-state index contributed by atoms with van der Waals surface area (Å²) in [4.78, 5) is 30.8. The summed E-state index contributed by atoms with van der Waals surface area (Å²) in [5.41, 5.74) is 8.21. The molecular formula is C27H27FN6O4. The van der Waals surface area contributed by atoms with Crippen molar-refractivity contribution in [2.24, 2.45) is 5.73 Å². The van der Waals surface area contributed by atoms with Crippen molar-refractivity contribution < 1.29 is 19.0 Å². The lowest BCUT2D eigenvalue weighted by Gasteiger charge is -2.31. The van der Waals surface area contributed by atoms with Crippen molar-refractivity contribution in [2.75, 3.05) is 6.54 Å². The number of benzene rings is 1. The van der Waals surface area contributed by atoms with Crippen molar-refractivity contribution in [2.45, 2.75) is 58.4 Å². The number of nitrogens with two attached hydrogens (primary N) is 1. The van der Waals surface area contributed by atoms with E-state index in [1.54, 1.807) is 35.2 Å². The molecule has 11 heteroatoms. The minimum absolute atomic E-state index is 0.0499. The molecule has 0 aliphatic carbocycles. The first-order valence-electron chi connectivity index (χ1n) is 12.6. The number of nitrogens with zero attached hydrogens (tertiary/aromatic N) is 5. The highest BCUT2D eigenvalue weighted by Crippen LogP contribution is 2.40. The average Bonchev–Trinajstić information content (AvgIpc) is 3.51. The molecule has 0 unspecified atom stereocenters. The number of carbonyl (C=O) groups excluding carboxylic acids is 1. The Morgan fingerprint density at radius 1 is 1.24 bits per heavy atom. The van der Waals surface area contributed by atoms with Gasteiger partial charge in [0.1, 0.15) is 12.4 Å². The van der Waals surface area contributed by atoms with Crippen molar-refractivity contribution >= 4 is 16.9 Å². The van der Waals surface area contributed by atoms with E-state index >= 15 is 0 Å². The number of hydrogen-bond donors (Lipinski definition) is 2. The van der Waals surface area contributed by atoms with E-state index in [-0.39, 0.29) is 42.1 Å². The van der Waals surface area contributed by atoms with Gasteiger partial charge >= 0.3 is 5.97 Å². The van der Waals surface area contributed by atoms with Gasteiger partial charge in [0, 0.05) is 28.8 Å². The fraction of sp³-hybridized carbons (Fsp3) is 0.370. The molecule has 2 aliphatic heterocycles. The molecule has 0 fully saturated rings. The minimum Gasteiger partial charge on any atom is -0.458 e. The second kappa shape index (κ2) is 8.81. The third-order valence-corrected chi connectivity index (χ3v) is 7.63. The maximum atomic E-state index is 14.6. The predicted octanol–water partition coefficient (Wildman–Crippen LogP) is 2.06. The monoisotopic (exact) mass is 518 g/mol. The number of ether oxygens (including phenoxy) is 1. The van der Waals surface area contributed by atoms with Crippen molar-refractivity contribution in [3.05, 3.63) is 74.1 Å². The third-order valence-electron chi connectivity index (χ3n) is 7.63. The van der Waals surface area contributed by atoms with Gasteiger partial charge in [0.05, 0.1) is 41.3 Å². The lowest BCUT2D eigenvalue weighted by atomic mass is 9.86. The molecule has 38 heavy (non-hydrogen) atoms. The van der Waals surface area contributed by atoms with Crippen molar-refractivity contribution in [3.63, 3.8) is 0 Å². The molecule has 6 rings (SSSR count). The Morgan fingerprint density at radius 3 is 2.82 bits per heavy atom. The topological polar surface area (TPSA) is 138 Å². The van der Waals surface area contributed by atoms with E-state index in [1.807, 2.05) is 6.20 Å². The summed E-state index contributed by atoms with van der Waals surface area (Å²) in [6.07, 6.45) is 3.42. The first-order valence-corrected chi connectivity index (χ1v) is 12.6. The average molecular weight is 519 g/mol. The van der Waals surface area contributed by atoms with Crippen LogP contribution in [0.15, 0.2) is 29.2 Å². The molecule has 0 spiro atoms. The quantitative estimate of drug-likeness (QED) is 0.326. The van der Waals surface area contributed by atoms with Crippen LogP contribution in [0.2, 0.25) is 0 Å². The molecule has 3 aromatic heterocycles. The molecule has 0 saturated carbocycles. The first kappa shape index (κ1) is 24.4. The molecule has 3 N–H and O–H groups in total. The molecule has 2 aliphatic rings. The van der Waals surface area contributed by atoms with Gasteiger partial charge in [-0.25, -0.2) is 18.9 Å². The largest absolute Gasteiger partial charge is 0.458 e. The van der Waals surface area contributed by atoms with Crippen LogP contribution in [-0.4, -0.2) is 42.2 Å². The minimum atomic E-state index is -1.92. The SMILES string of the molecule is CC[C@@]1(O)C(=O)OCc2c1cc1n(c2=O)Cc2c-1nc1cc(F)c(C)cc1c2Cn1cc(CCCN)nn1. The Balaban J connectivity index is 1.56. The molecular weight excluding hydrogens is 491 g/mol. The van der Waals surface area contributed by atoms with E-state index in [0.717, 1.165) is 28.6 Å². The maximum absolute atomic E-state index is 14.6. The Bertz CT molecular complexity index is 1690. The van der Waals surface area contributed by atoms with Gasteiger partial charge < -0.3 is 20.1 Å². The number of aryl methyl sites for hydroxylation is 2. The van der Waals surface area contributed by atoms with Crippen molar-refractivity contribution in [1.82, 2.24) is 24.5 Å². The van der Waals surface area contributed by atoms with Crippen LogP contribution in [0, 0.1) is 12.7 Å². The number of aromatic nitrogens is 5. The Morgan fingerprint density at radius 2 is 2.05 bits per heavy atom. The summed E-state index contributed by atoms with van der Waals surface area (Å²) in [5, 5.41) is 20.4. The van der Waals surface area contributed by atoms with Gasteiger partial charge in [0.15, 0.2) is 5.60 Å². The van der Waals surface area contributed by atoms with Gasteiger partial charge in [-0.05, 0) is 56.0 Å². The standard InChI is InChI=1S/C27H27FN6O4/c1-3-27(37)20-8-23-24-18(12-34(23)25(35)19(20)13-38-26(27)36)17(11-33-10-15(31-32-33)5-4-6-29)16-7-14(2)21(28)9-22(16)30-24/h7-10,37H,3-6,11-13,29H2,1-2H3/t27-/m0/s1. The van der Waals surface area contributed by atoms with Gasteiger partial charge in [-0.1, -0.05) is 12.1 Å². The lowest BCUT2D eigenvalue weighted by molar-refractivity contribution is -0.172. The summed E-state index contributed by atoms with van der Waals surface area (Å²) >= 11 is 0. The van der Waals surface area contributed by atoms with E-state index in [4.69, 9.17) is 15.5 Å². The Kier molecular flexibility index (Phi) is 5.65. The van der Waals surface area contributed by atoms with Gasteiger partial charge in [-0.2, -0.15) is 0 Å². The van der Waals surface area contributed by atoms with Crippen LogP contribution >= 0.6 is 0 Å². The molecule has 0 amide bonds. The van der Waals surface area contributed by atoms with Crippen LogP contribution < -0.4 is 11.3 Å². The van der Waals surface area contributed by atoms with Gasteiger partial charge in [-0.15, -0.1) is 5.10 Å². The highest BCUT2D eigenvalue weighted by Gasteiger charge is 2.45. The first-order chi connectivity index (χ1) is 18.2. The molecule has 1 atom stereocenters. The van der Waals surface area contributed by atoms with Gasteiger partial charge in [0.25, 0.3) is 5.56 Å². The lowest BCUT2D eigenvalue weighted by Crippen LogP contribution is -2.44. The number of esters is 1. The number of halogens is 1. The molecule has 5 heterocycles. The summed E-state index contributed by atoms with van der Waals surface area (Å²) in [7, 11) is 0. The fourth-order valence-corrected chi connectivity index (χ4v) is 5.45. The Hall–Kier alpha value is -3.96. The highest BCUT2D eigenvalue weighted by molar-refractivity contribution is 5.89. The van der Waals surface area contributed by atoms with Gasteiger partial charge in [-0.3, -0.25) is 4.79 Å². The summed E-state index contributed by atoms with van der Waals surface area (Å²) in [6.45, 7) is 4.28. The molecule has 0 saturated heterocycles. The number of hydrogen-bond acceptors (Lipinski definition) is 8. The van der Waals surface area contributed by atoms with Crippen LogP contribution in [0.5, 0.6) is 0 Å². The van der Waals surface area contributed by atoms with Crippen molar-refractivity contribution in [3.8, 4) is 11.4 Å². The second-order valence-corrected chi connectivity index (χ2v) is 9.94. The van der Waals surface area contributed by atoms with Crippen LogP contribution in [0.4, 0.5) is 4.39 Å². The summed E-state index contributed by atoms with van der Waals surface area (Å²) in [5.74, 6) is -1.17. The third kappa shape index (κ3) is 3.57. The highest BCUT2D eigenvalue weighted by atomic mass is 19.1. The zero-order valence-corrected chi connectivity index (χ0v) is 21.1. The molecule has 4 aromatic rings. The number of pyridine rings is 2. The predicted molar refractivity (Wildman–Crippen MR) is 136 cm³/mol. The zero-order chi connectivity index (χ0) is 26.8. The molecule has 0 bridgehead atoms. The van der Waals surface area contributed by atoms with Crippen LogP contribution in [0.1, 0.15) is 53.3 Å². The molecule has 10 nitrogen and oxygen atoms in total. The molecule has 0 radical (unpaired) electrons. The Labute approximate surface area is 216 Å². The van der Waals surface area contributed by atoms with Crippen LogP contribution in [0.3, 0.4) is 0 Å². The van der Waals surface area contributed by atoms with Gasteiger partial charge in [0.2, 0.25) is 0 Å². The normalized spacial score (nSPS) is 17.9.